The highest BCUT2D eigenvalue weighted by molar-refractivity contribution is 5.77. The minimum atomic E-state index is -0.564. The van der Waals surface area contributed by atoms with Crippen LogP contribution in [0.5, 0.6) is 0 Å². The molecule has 0 saturated carbocycles. The maximum atomic E-state index is 11.5. The molecule has 17 heavy (non-hydrogen) atoms. The number of amides is 1. The second-order valence-electron chi connectivity index (χ2n) is 4.59. The van der Waals surface area contributed by atoms with Crippen LogP contribution in [0.4, 0.5) is 0 Å². The molecule has 0 radical (unpaired) electrons. The largest absolute Gasteiger partial charge is 0.351 e. The lowest BCUT2D eigenvalue weighted by atomic mass is 10.1. The molecule has 0 aliphatic carbocycles. The topological polar surface area (TPSA) is 114 Å². The van der Waals surface area contributed by atoms with Crippen molar-refractivity contribution in [1.82, 2.24) is 10.6 Å². The summed E-state index contributed by atoms with van der Waals surface area (Å²) in [5.41, 5.74) is 7.76. The van der Waals surface area contributed by atoms with E-state index in [1.165, 1.54) is 0 Å². The normalized spacial score (nSPS) is 12.1. The van der Waals surface area contributed by atoms with Crippen LogP contribution in [0.15, 0.2) is 5.11 Å². The standard InChI is InChI=1S/C10H18N6O/c1-10(2,3)15-9(17)6-8(7-11)13-4-5-14-16-12/h8,13H,4-6H2,1-3H3,(H,15,17). The number of nitrogens with one attached hydrogen (secondary N) is 2. The van der Waals surface area contributed by atoms with E-state index in [4.69, 9.17) is 10.8 Å². The average Bonchev–Trinajstić information content (AvgIpc) is 2.20. The Morgan fingerprint density at radius 2 is 2.24 bits per heavy atom. The molecule has 0 bridgehead atoms. The summed E-state index contributed by atoms with van der Waals surface area (Å²) in [5, 5.41) is 17.8. The molecular formula is C10H18N6O. The Hall–Kier alpha value is -1.77. The van der Waals surface area contributed by atoms with Crippen molar-refractivity contribution in [3.05, 3.63) is 10.4 Å². The molecule has 0 spiro atoms. The minimum absolute atomic E-state index is 0.0873. The van der Waals surface area contributed by atoms with Gasteiger partial charge in [0.25, 0.3) is 0 Å². The molecule has 0 aromatic rings. The van der Waals surface area contributed by atoms with E-state index in [2.05, 4.69) is 20.7 Å². The lowest BCUT2D eigenvalue weighted by molar-refractivity contribution is -0.122. The van der Waals surface area contributed by atoms with Crippen molar-refractivity contribution in [2.24, 2.45) is 5.11 Å². The molecule has 0 rings (SSSR count). The third kappa shape index (κ3) is 9.18. The fourth-order valence-corrected chi connectivity index (χ4v) is 1.15. The maximum absolute atomic E-state index is 11.5. The van der Waals surface area contributed by atoms with E-state index in [9.17, 15) is 4.79 Å². The predicted octanol–water partition coefficient (Wildman–Crippen LogP) is 1.08. The van der Waals surface area contributed by atoms with Crippen LogP contribution >= 0.6 is 0 Å². The monoisotopic (exact) mass is 238 g/mol. The van der Waals surface area contributed by atoms with E-state index in [0.29, 0.717) is 6.54 Å². The predicted molar refractivity (Wildman–Crippen MR) is 63.9 cm³/mol. The number of carbonyl (C=O) groups is 1. The van der Waals surface area contributed by atoms with Crippen molar-refractivity contribution in [2.75, 3.05) is 13.1 Å². The SMILES string of the molecule is CC(C)(C)NC(=O)CC(C#N)NCCN=[N+]=[N-]. The zero-order valence-electron chi connectivity index (χ0n) is 10.4. The Morgan fingerprint density at radius 3 is 2.71 bits per heavy atom. The molecule has 7 heteroatoms. The Kier molecular flexibility index (Phi) is 6.71. The van der Waals surface area contributed by atoms with Gasteiger partial charge in [-0.1, -0.05) is 5.11 Å². The van der Waals surface area contributed by atoms with Gasteiger partial charge >= 0.3 is 0 Å². The number of rotatable bonds is 6. The van der Waals surface area contributed by atoms with Crippen LogP contribution < -0.4 is 10.6 Å². The molecule has 0 aromatic heterocycles. The zero-order valence-corrected chi connectivity index (χ0v) is 10.4. The fourth-order valence-electron chi connectivity index (χ4n) is 1.15. The van der Waals surface area contributed by atoms with Crippen LogP contribution in [0.2, 0.25) is 0 Å². The molecule has 0 heterocycles. The number of carbonyl (C=O) groups excluding carboxylic acids is 1. The first-order valence-electron chi connectivity index (χ1n) is 5.34. The van der Waals surface area contributed by atoms with Gasteiger partial charge in [-0.15, -0.1) is 0 Å². The number of hydrogen-bond acceptors (Lipinski definition) is 4. The maximum Gasteiger partial charge on any atom is 0.223 e. The number of azide groups is 1. The van der Waals surface area contributed by atoms with Crippen LogP contribution in [0, 0.1) is 11.3 Å². The highest BCUT2D eigenvalue weighted by Gasteiger charge is 2.17. The number of nitrogens with zero attached hydrogens (tertiary/aromatic N) is 4. The van der Waals surface area contributed by atoms with E-state index in [-0.39, 0.29) is 24.4 Å². The van der Waals surface area contributed by atoms with E-state index in [0.717, 1.165) is 0 Å². The molecule has 1 amide bonds. The molecular weight excluding hydrogens is 220 g/mol. The lowest BCUT2D eigenvalue weighted by Gasteiger charge is -2.21. The summed E-state index contributed by atoms with van der Waals surface area (Å²) in [6.07, 6.45) is 0.0873. The molecule has 0 aliphatic rings. The van der Waals surface area contributed by atoms with Crippen molar-refractivity contribution in [3.8, 4) is 6.07 Å². The smallest absolute Gasteiger partial charge is 0.223 e. The molecule has 2 N–H and O–H groups in total. The van der Waals surface area contributed by atoms with Crippen molar-refractivity contribution in [1.29, 1.82) is 5.26 Å². The van der Waals surface area contributed by atoms with Gasteiger partial charge in [0, 0.05) is 23.5 Å². The second kappa shape index (κ2) is 7.49. The van der Waals surface area contributed by atoms with Gasteiger partial charge in [0.2, 0.25) is 5.91 Å². The van der Waals surface area contributed by atoms with Gasteiger partial charge < -0.3 is 10.6 Å². The highest BCUT2D eigenvalue weighted by Crippen LogP contribution is 2.00. The van der Waals surface area contributed by atoms with Crippen molar-refractivity contribution in [2.45, 2.75) is 38.8 Å². The summed E-state index contributed by atoms with van der Waals surface area (Å²) in [6, 6.07) is 1.43. The van der Waals surface area contributed by atoms with E-state index in [1.807, 2.05) is 26.8 Å². The average molecular weight is 238 g/mol. The Balaban J connectivity index is 4.01. The van der Waals surface area contributed by atoms with Gasteiger partial charge in [-0.25, -0.2) is 0 Å². The van der Waals surface area contributed by atoms with E-state index in [1.54, 1.807) is 0 Å². The second-order valence-corrected chi connectivity index (χ2v) is 4.59. The number of hydrogen-bond donors (Lipinski definition) is 2. The first-order valence-corrected chi connectivity index (χ1v) is 5.34. The summed E-state index contributed by atoms with van der Waals surface area (Å²) in [6.45, 7) is 6.27. The highest BCUT2D eigenvalue weighted by atomic mass is 16.1. The van der Waals surface area contributed by atoms with Gasteiger partial charge in [0.05, 0.1) is 12.5 Å². The summed E-state index contributed by atoms with van der Waals surface area (Å²) < 4.78 is 0. The molecule has 0 aliphatic heterocycles. The molecule has 0 fully saturated rings. The first-order chi connectivity index (χ1) is 7.89. The van der Waals surface area contributed by atoms with Gasteiger partial charge in [0.1, 0.15) is 6.04 Å². The zero-order chi connectivity index (χ0) is 13.3. The van der Waals surface area contributed by atoms with Gasteiger partial charge in [-0.05, 0) is 26.3 Å². The van der Waals surface area contributed by atoms with Crippen LogP contribution in [0.3, 0.4) is 0 Å². The van der Waals surface area contributed by atoms with E-state index < -0.39 is 6.04 Å². The lowest BCUT2D eigenvalue weighted by Crippen LogP contribution is -2.43. The molecule has 0 saturated heterocycles. The molecule has 1 atom stereocenters. The van der Waals surface area contributed by atoms with Gasteiger partial charge in [-0.2, -0.15) is 5.26 Å². The Morgan fingerprint density at radius 1 is 1.59 bits per heavy atom. The quantitative estimate of drug-likeness (QED) is 0.312. The van der Waals surface area contributed by atoms with Crippen molar-refractivity contribution >= 4 is 5.91 Å². The number of nitriles is 1. The third-order valence-electron chi connectivity index (χ3n) is 1.73. The van der Waals surface area contributed by atoms with Crippen LogP contribution in [0.1, 0.15) is 27.2 Å². The van der Waals surface area contributed by atoms with Crippen LogP contribution in [0.25, 0.3) is 10.4 Å². The fraction of sp³-hybridized carbons (Fsp3) is 0.800. The molecule has 1 unspecified atom stereocenters. The Bertz CT molecular complexity index is 334. The molecule has 7 nitrogen and oxygen atoms in total. The summed E-state index contributed by atoms with van der Waals surface area (Å²) in [5.74, 6) is -0.180. The van der Waals surface area contributed by atoms with E-state index >= 15 is 0 Å². The summed E-state index contributed by atoms with van der Waals surface area (Å²) >= 11 is 0. The first kappa shape index (κ1) is 15.2. The Labute approximate surface area is 101 Å². The summed E-state index contributed by atoms with van der Waals surface area (Å²) in [7, 11) is 0. The minimum Gasteiger partial charge on any atom is -0.351 e. The van der Waals surface area contributed by atoms with Crippen LogP contribution in [-0.2, 0) is 4.79 Å². The van der Waals surface area contributed by atoms with Crippen molar-refractivity contribution < 1.29 is 4.79 Å². The van der Waals surface area contributed by atoms with Gasteiger partial charge in [0.15, 0.2) is 0 Å². The third-order valence-corrected chi connectivity index (χ3v) is 1.73. The summed E-state index contributed by atoms with van der Waals surface area (Å²) in [4.78, 5) is 14.1. The van der Waals surface area contributed by atoms with Crippen LogP contribution in [-0.4, -0.2) is 30.6 Å². The van der Waals surface area contributed by atoms with Gasteiger partial charge in [-0.3, -0.25) is 4.79 Å². The molecule has 94 valence electrons. The molecule has 0 aromatic carbocycles. The van der Waals surface area contributed by atoms with Crippen molar-refractivity contribution in [3.63, 3.8) is 0 Å².